The first-order valence-electron chi connectivity index (χ1n) is 12.8. The third-order valence-corrected chi connectivity index (χ3v) is 7.38. The molecule has 2 aromatic carbocycles. The van der Waals surface area contributed by atoms with Gasteiger partial charge in [0.15, 0.2) is 0 Å². The number of hydrogen-bond acceptors (Lipinski definition) is 2. The third-order valence-electron chi connectivity index (χ3n) is 7.38. The lowest BCUT2D eigenvalue weighted by atomic mass is 9.88. The SMILES string of the molecule is C=C(c1ccc(C)c(CN2CCC(C)CC2)c1)N1CCC(c2ccc(C)cc2)CC1.C=CC. The molecule has 0 N–H and O–H groups in total. The first-order valence-corrected chi connectivity index (χ1v) is 12.8. The molecule has 4 rings (SSSR count). The number of nitrogens with zero attached hydrogens (tertiary/aromatic N) is 2. The van der Waals surface area contributed by atoms with Crippen molar-refractivity contribution < 1.29 is 0 Å². The van der Waals surface area contributed by atoms with Crippen molar-refractivity contribution in [1.82, 2.24) is 9.80 Å². The van der Waals surface area contributed by atoms with Gasteiger partial charge in [-0.2, -0.15) is 0 Å². The quantitative estimate of drug-likeness (QED) is 0.439. The van der Waals surface area contributed by atoms with Gasteiger partial charge in [0, 0.05) is 25.3 Å². The van der Waals surface area contributed by atoms with E-state index in [1.807, 2.05) is 6.92 Å². The monoisotopic (exact) mass is 444 g/mol. The Kier molecular flexibility index (Phi) is 9.38. The molecule has 2 nitrogen and oxygen atoms in total. The summed E-state index contributed by atoms with van der Waals surface area (Å²) in [7, 11) is 0. The van der Waals surface area contributed by atoms with Gasteiger partial charge in [-0.3, -0.25) is 4.90 Å². The standard InChI is InChI=1S/C28H38N2.C3H6/c1-21-5-8-25(9-6-21)26-13-17-30(18-14-26)24(4)27-10-7-23(3)28(19-27)20-29-15-11-22(2)12-16-29;1-3-2/h5-10,19,22,26H,4,11-18,20H2,1-3H3;3H,1H2,2H3. The lowest BCUT2D eigenvalue weighted by molar-refractivity contribution is 0.185. The van der Waals surface area contributed by atoms with Gasteiger partial charge in [-0.25, -0.2) is 0 Å². The first-order chi connectivity index (χ1) is 15.9. The second-order valence-corrected chi connectivity index (χ2v) is 10.1. The number of rotatable bonds is 5. The minimum Gasteiger partial charge on any atom is -0.371 e. The second kappa shape index (κ2) is 12.2. The summed E-state index contributed by atoms with van der Waals surface area (Å²) < 4.78 is 0. The molecule has 2 heterocycles. The minimum atomic E-state index is 0.685. The van der Waals surface area contributed by atoms with Gasteiger partial charge in [0.1, 0.15) is 0 Å². The number of aryl methyl sites for hydroxylation is 2. The van der Waals surface area contributed by atoms with E-state index in [0.29, 0.717) is 5.92 Å². The molecule has 0 bridgehead atoms. The van der Waals surface area contributed by atoms with Crippen LogP contribution in [0.2, 0.25) is 0 Å². The lowest BCUT2D eigenvalue weighted by Gasteiger charge is -2.35. The van der Waals surface area contributed by atoms with Crippen molar-refractivity contribution in [2.45, 2.75) is 65.8 Å². The van der Waals surface area contributed by atoms with E-state index in [4.69, 9.17) is 0 Å². The summed E-state index contributed by atoms with van der Waals surface area (Å²) in [5.41, 5.74) is 8.22. The molecular formula is C31H44N2. The zero-order valence-corrected chi connectivity index (χ0v) is 21.4. The topological polar surface area (TPSA) is 6.48 Å². The number of benzene rings is 2. The number of likely N-dealkylation sites (tertiary alicyclic amines) is 2. The highest BCUT2D eigenvalue weighted by Crippen LogP contribution is 2.32. The summed E-state index contributed by atoms with van der Waals surface area (Å²) in [6.07, 6.45) is 6.85. The number of hydrogen-bond donors (Lipinski definition) is 0. The molecule has 0 aliphatic carbocycles. The van der Waals surface area contributed by atoms with E-state index in [9.17, 15) is 0 Å². The molecule has 0 atom stereocenters. The summed E-state index contributed by atoms with van der Waals surface area (Å²) in [6, 6.07) is 16.1. The Hall–Kier alpha value is -2.32. The van der Waals surface area contributed by atoms with Crippen molar-refractivity contribution in [2.75, 3.05) is 26.2 Å². The predicted octanol–water partition coefficient (Wildman–Crippen LogP) is 7.58. The van der Waals surface area contributed by atoms with Crippen LogP contribution in [-0.2, 0) is 6.54 Å². The normalized spacial score (nSPS) is 17.9. The van der Waals surface area contributed by atoms with Crippen LogP contribution in [0.25, 0.3) is 5.70 Å². The van der Waals surface area contributed by atoms with Crippen LogP contribution in [0.1, 0.15) is 73.3 Å². The van der Waals surface area contributed by atoms with E-state index in [0.717, 1.165) is 25.6 Å². The molecule has 2 aromatic rings. The molecule has 2 aliphatic rings. The molecule has 0 saturated carbocycles. The molecule has 0 amide bonds. The van der Waals surface area contributed by atoms with E-state index in [-0.39, 0.29) is 0 Å². The zero-order chi connectivity index (χ0) is 23.8. The highest BCUT2D eigenvalue weighted by atomic mass is 15.1. The lowest BCUT2D eigenvalue weighted by Crippen LogP contribution is -2.33. The van der Waals surface area contributed by atoms with Gasteiger partial charge in [0.25, 0.3) is 0 Å². The van der Waals surface area contributed by atoms with Crippen LogP contribution in [0.4, 0.5) is 0 Å². The van der Waals surface area contributed by atoms with Crippen molar-refractivity contribution in [3.05, 3.63) is 89.5 Å². The maximum atomic E-state index is 4.50. The highest BCUT2D eigenvalue weighted by Gasteiger charge is 2.22. The Morgan fingerprint density at radius 2 is 1.55 bits per heavy atom. The van der Waals surface area contributed by atoms with Crippen molar-refractivity contribution >= 4 is 5.70 Å². The van der Waals surface area contributed by atoms with Gasteiger partial charge >= 0.3 is 0 Å². The molecule has 2 heteroatoms. The first kappa shape index (κ1) is 25.3. The molecule has 0 spiro atoms. The fourth-order valence-corrected chi connectivity index (χ4v) is 4.99. The van der Waals surface area contributed by atoms with E-state index in [1.54, 1.807) is 6.08 Å². The largest absolute Gasteiger partial charge is 0.371 e. The maximum Gasteiger partial charge on any atom is 0.0366 e. The van der Waals surface area contributed by atoms with Crippen LogP contribution >= 0.6 is 0 Å². The summed E-state index contributed by atoms with van der Waals surface area (Å²) >= 11 is 0. The van der Waals surface area contributed by atoms with Crippen molar-refractivity contribution in [3.63, 3.8) is 0 Å². The van der Waals surface area contributed by atoms with Crippen LogP contribution in [-0.4, -0.2) is 36.0 Å². The maximum absolute atomic E-state index is 4.50. The molecule has 2 saturated heterocycles. The second-order valence-electron chi connectivity index (χ2n) is 10.1. The molecular weight excluding hydrogens is 400 g/mol. The molecule has 2 aliphatic heterocycles. The average molecular weight is 445 g/mol. The molecule has 0 unspecified atom stereocenters. The van der Waals surface area contributed by atoms with Crippen molar-refractivity contribution in [2.24, 2.45) is 5.92 Å². The average Bonchev–Trinajstić information content (AvgIpc) is 2.83. The fraction of sp³-hybridized carbons (Fsp3) is 0.484. The Balaban J connectivity index is 0.000000968. The molecule has 0 radical (unpaired) electrons. The van der Waals surface area contributed by atoms with Gasteiger partial charge in [0.05, 0.1) is 0 Å². The van der Waals surface area contributed by atoms with Crippen LogP contribution in [0.3, 0.4) is 0 Å². The van der Waals surface area contributed by atoms with E-state index < -0.39 is 0 Å². The number of allylic oxidation sites excluding steroid dienone is 1. The summed E-state index contributed by atoms with van der Waals surface area (Å²) in [5, 5.41) is 0. The molecule has 0 aromatic heterocycles. The molecule has 2 fully saturated rings. The Morgan fingerprint density at radius 3 is 2.15 bits per heavy atom. The molecule has 33 heavy (non-hydrogen) atoms. The van der Waals surface area contributed by atoms with E-state index in [2.05, 4.69) is 86.2 Å². The Bertz CT molecular complexity index is 895. The highest BCUT2D eigenvalue weighted by molar-refractivity contribution is 5.63. The van der Waals surface area contributed by atoms with Gasteiger partial charge in [-0.05, 0) is 99.7 Å². The van der Waals surface area contributed by atoms with Crippen molar-refractivity contribution in [1.29, 1.82) is 0 Å². The van der Waals surface area contributed by atoms with E-state index in [1.165, 1.54) is 72.3 Å². The zero-order valence-electron chi connectivity index (χ0n) is 21.4. The Morgan fingerprint density at radius 1 is 0.939 bits per heavy atom. The number of piperidine rings is 2. The summed E-state index contributed by atoms with van der Waals surface area (Å²) in [4.78, 5) is 5.13. The van der Waals surface area contributed by atoms with Crippen LogP contribution in [0, 0.1) is 19.8 Å². The van der Waals surface area contributed by atoms with Crippen molar-refractivity contribution in [3.8, 4) is 0 Å². The van der Waals surface area contributed by atoms with E-state index >= 15 is 0 Å². The third kappa shape index (κ3) is 7.08. The summed E-state index contributed by atoms with van der Waals surface area (Å²) in [5.74, 6) is 1.57. The fourth-order valence-electron chi connectivity index (χ4n) is 4.99. The smallest absolute Gasteiger partial charge is 0.0366 e. The van der Waals surface area contributed by atoms with Crippen LogP contribution in [0.15, 0.2) is 61.7 Å². The Labute approximate surface area is 203 Å². The molecule has 178 valence electrons. The van der Waals surface area contributed by atoms with Crippen LogP contribution in [0.5, 0.6) is 0 Å². The summed E-state index contributed by atoms with van der Waals surface area (Å²) in [6.45, 7) is 22.3. The van der Waals surface area contributed by atoms with Gasteiger partial charge in [-0.15, -0.1) is 6.58 Å². The minimum absolute atomic E-state index is 0.685. The van der Waals surface area contributed by atoms with Gasteiger partial charge in [0.2, 0.25) is 0 Å². The van der Waals surface area contributed by atoms with Gasteiger partial charge in [-0.1, -0.05) is 61.5 Å². The van der Waals surface area contributed by atoms with Gasteiger partial charge < -0.3 is 4.90 Å². The predicted molar refractivity (Wildman–Crippen MR) is 144 cm³/mol. The van der Waals surface area contributed by atoms with Crippen LogP contribution < -0.4 is 0 Å².